The number of hydrogen-bond donors (Lipinski definition) is 1. The van der Waals surface area contributed by atoms with Crippen LogP contribution in [0.5, 0.6) is 0 Å². The van der Waals surface area contributed by atoms with Crippen LogP contribution in [0.3, 0.4) is 0 Å². The summed E-state index contributed by atoms with van der Waals surface area (Å²) >= 11 is 0. The Kier molecular flexibility index (Phi) is 2.94. The summed E-state index contributed by atoms with van der Waals surface area (Å²) in [6.07, 6.45) is 0.151. The number of primary sulfonamides is 1. The maximum atomic E-state index is 12.0. The standard InChI is InChI=1S/C11H12N4O4S/c12-20(17,18)6-7-4-10(16)15(5-7)9-3-1-2-8-11(9)14-19-13-8/h1-3,7H,4-6H2,(H2,12,17,18). The molecule has 0 saturated carbocycles. The van der Waals surface area contributed by atoms with Crippen molar-refractivity contribution in [3.63, 3.8) is 0 Å². The lowest BCUT2D eigenvalue weighted by atomic mass is 10.1. The Morgan fingerprint density at radius 3 is 2.95 bits per heavy atom. The van der Waals surface area contributed by atoms with Crippen molar-refractivity contribution < 1.29 is 17.8 Å². The highest BCUT2D eigenvalue weighted by atomic mass is 32.2. The molecule has 3 rings (SSSR count). The van der Waals surface area contributed by atoms with Gasteiger partial charge >= 0.3 is 0 Å². The fourth-order valence-electron chi connectivity index (χ4n) is 2.46. The molecule has 0 aliphatic carbocycles. The number of amides is 1. The largest absolute Gasteiger partial charge is 0.310 e. The van der Waals surface area contributed by atoms with Gasteiger partial charge in [-0.2, -0.15) is 0 Å². The third-order valence-electron chi connectivity index (χ3n) is 3.23. The summed E-state index contributed by atoms with van der Waals surface area (Å²) in [7, 11) is -3.59. The van der Waals surface area contributed by atoms with Gasteiger partial charge in [-0.3, -0.25) is 4.79 Å². The molecule has 1 aromatic heterocycles. The van der Waals surface area contributed by atoms with E-state index in [1.54, 1.807) is 18.2 Å². The van der Waals surface area contributed by atoms with Crippen molar-refractivity contribution in [1.82, 2.24) is 10.3 Å². The number of carbonyl (C=O) groups excluding carboxylic acids is 1. The fraction of sp³-hybridized carbons (Fsp3) is 0.364. The molecular weight excluding hydrogens is 284 g/mol. The molecule has 1 aliphatic rings. The van der Waals surface area contributed by atoms with Crippen LogP contribution in [0, 0.1) is 5.92 Å². The number of fused-ring (bicyclic) bond motifs is 1. The lowest BCUT2D eigenvalue weighted by Gasteiger charge is -2.16. The minimum Gasteiger partial charge on any atom is -0.310 e. The molecule has 1 unspecified atom stereocenters. The van der Waals surface area contributed by atoms with Crippen molar-refractivity contribution in [2.45, 2.75) is 6.42 Å². The summed E-state index contributed by atoms with van der Waals surface area (Å²) in [6.45, 7) is 0.293. The topological polar surface area (TPSA) is 119 Å². The molecule has 20 heavy (non-hydrogen) atoms. The minimum atomic E-state index is -3.59. The van der Waals surface area contributed by atoms with E-state index in [9.17, 15) is 13.2 Å². The highest BCUT2D eigenvalue weighted by Gasteiger charge is 2.34. The van der Waals surface area contributed by atoms with Crippen LogP contribution < -0.4 is 10.0 Å². The monoisotopic (exact) mass is 296 g/mol. The molecule has 0 radical (unpaired) electrons. The Labute approximate surface area is 114 Å². The molecule has 0 bridgehead atoms. The van der Waals surface area contributed by atoms with Crippen molar-refractivity contribution in [1.29, 1.82) is 0 Å². The maximum Gasteiger partial charge on any atom is 0.227 e. The van der Waals surface area contributed by atoms with Crippen LogP contribution in [0.4, 0.5) is 5.69 Å². The normalized spacial score (nSPS) is 19.9. The molecule has 8 nitrogen and oxygen atoms in total. The van der Waals surface area contributed by atoms with Crippen molar-refractivity contribution in [3.05, 3.63) is 18.2 Å². The second-order valence-corrected chi connectivity index (χ2v) is 6.47. The Bertz CT molecular complexity index is 770. The number of anilines is 1. The van der Waals surface area contributed by atoms with Gasteiger partial charge in [0.25, 0.3) is 0 Å². The van der Waals surface area contributed by atoms with E-state index in [0.717, 1.165) is 0 Å². The van der Waals surface area contributed by atoms with Crippen LogP contribution in [0.15, 0.2) is 22.8 Å². The van der Waals surface area contributed by atoms with E-state index < -0.39 is 10.0 Å². The second-order valence-electron chi connectivity index (χ2n) is 4.81. The lowest BCUT2D eigenvalue weighted by Crippen LogP contribution is -2.27. The van der Waals surface area contributed by atoms with Crippen molar-refractivity contribution >= 4 is 32.7 Å². The third-order valence-corrected chi connectivity index (χ3v) is 4.16. The zero-order valence-electron chi connectivity index (χ0n) is 10.4. The van der Waals surface area contributed by atoms with Crippen molar-refractivity contribution in [3.8, 4) is 0 Å². The van der Waals surface area contributed by atoms with Gasteiger partial charge in [-0.05, 0) is 22.4 Å². The predicted octanol–water partition coefficient (Wildman–Crippen LogP) is -0.136. The summed E-state index contributed by atoms with van der Waals surface area (Å²) in [5.41, 5.74) is 1.60. The van der Waals surface area contributed by atoms with Crippen LogP contribution in [0.1, 0.15) is 6.42 Å². The van der Waals surface area contributed by atoms with E-state index in [-0.39, 0.29) is 24.0 Å². The van der Waals surface area contributed by atoms with E-state index in [0.29, 0.717) is 23.3 Å². The molecule has 1 aliphatic heterocycles. The number of benzene rings is 1. The van der Waals surface area contributed by atoms with Gasteiger partial charge in [0.05, 0.1) is 11.4 Å². The molecular formula is C11H12N4O4S. The Balaban J connectivity index is 1.91. The first-order chi connectivity index (χ1) is 9.44. The summed E-state index contributed by atoms with van der Waals surface area (Å²) < 4.78 is 26.9. The Morgan fingerprint density at radius 2 is 2.20 bits per heavy atom. The third kappa shape index (κ3) is 2.37. The molecule has 2 N–H and O–H groups in total. The van der Waals surface area contributed by atoms with Gasteiger partial charge in [0.2, 0.25) is 15.9 Å². The number of aromatic nitrogens is 2. The van der Waals surface area contributed by atoms with Crippen LogP contribution >= 0.6 is 0 Å². The molecule has 1 fully saturated rings. The number of nitrogens with zero attached hydrogens (tertiary/aromatic N) is 3. The van der Waals surface area contributed by atoms with Crippen LogP contribution in [-0.2, 0) is 14.8 Å². The van der Waals surface area contributed by atoms with E-state index in [1.165, 1.54) is 4.90 Å². The molecule has 2 heterocycles. The number of carbonyl (C=O) groups is 1. The van der Waals surface area contributed by atoms with Gasteiger partial charge in [0.1, 0.15) is 5.52 Å². The first kappa shape index (κ1) is 13.0. The fourth-order valence-corrected chi connectivity index (χ4v) is 3.34. The average molecular weight is 296 g/mol. The van der Waals surface area contributed by atoms with Gasteiger partial charge in [0, 0.05) is 18.9 Å². The van der Waals surface area contributed by atoms with E-state index in [2.05, 4.69) is 14.9 Å². The van der Waals surface area contributed by atoms with E-state index >= 15 is 0 Å². The van der Waals surface area contributed by atoms with Gasteiger partial charge in [0.15, 0.2) is 5.52 Å². The smallest absolute Gasteiger partial charge is 0.227 e. The number of sulfonamides is 1. The van der Waals surface area contributed by atoms with Gasteiger partial charge in [-0.1, -0.05) is 6.07 Å². The number of rotatable bonds is 3. The summed E-state index contributed by atoms with van der Waals surface area (Å²) in [5.74, 6) is -0.677. The van der Waals surface area contributed by atoms with Crippen LogP contribution in [0.25, 0.3) is 11.0 Å². The highest BCUT2D eigenvalue weighted by molar-refractivity contribution is 7.89. The van der Waals surface area contributed by atoms with Gasteiger partial charge in [-0.15, -0.1) is 0 Å². The zero-order chi connectivity index (χ0) is 14.3. The molecule has 106 valence electrons. The maximum absolute atomic E-state index is 12.0. The Hall–Kier alpha value is -2.00. The second kappa shape index (κ2) is 4.53. The minimum absolute atomic E-state index is 0.151. The highest BCUT2D eigenvalue weighted by Crippen LogP contribution is 2.30. The van der Waals surface area contributed by atoms with E-state index in [1.807, 2.05) is 0 Å². The quantitative estimate of drug-likeness (QED) is 0.842. The first-order valence-electron chi connectivity index (χ1n) is 5.96. The van der Waals surface area contributed by atoms with Crippen LogP contribution in [0.2, 0.25) is 0 Å². The molecule has 2 aromatic rings. The zero-order valence-corrected chi connectivity index (χ0v) is 11.2. The lowest BCUT2D eigenvalue weighted by molar-refractivity contribution is -0.117. The summed E-state index contributed by atoms with van der Waals surface area (Å²) in [6, 6.07) is 5.18. The average Bonchev–Trinajstić information content (AvgIpc) is 2.93. The summed E-state index contributed by atoms with van der Waals surface area (Å²) in [5, 5.41) is 12.5. The predicted molar refractivity (Wildman–Crippen MR) is 70.2 cm³/mol. The molecule has 9 heteroatoms. The van der Waals surface area contributed by atoms with E-state index in [4.69, 9.17) is 5.14 Å². The molecule has 0 spiro atoms. The van der Waals surface area contributed by atoms with Crippen molar-refractivity contribution in [2.75, 3.05) is 17.2 Å². The number of hydrogen-bond acceptors (Lipinski definition) is 6. The van der Waals surface area contributed by atoms with Crippen molar-refractivity contribution in [2.24, 2.45) is 11.1 Å². The summed E-state index contributed by atoms with van der Waals surface area (Å²) in [4.78, 5) is 13.6. The first-order valence-corrected chi connectivity index (χ1v) is 7.68. The van der Waals surface area contributed by atoms with Gasteiger partial charge < -0.3 is 4.90 Å². The Morgan fingerprint density at radius 1 is 1.40 bits per heavy atom. The molecule has 1 atom stereocenters. The number of nitrogens with two attached hydrogens (primary N) is 1. The molecule has 1 amide bonds. The van der Waals surface area contributed by atoms with Gasteiger partial charge in [-0.25, -0.2) is 18.2 Å². The molecule has 1 aromatic carbocycles. The SMILES string of the molecule is NS(=O)(=O)CC1CC(=O)N(c2cccc3nonc23)C1. The van der Waals surface area contributed by atoms with Crippen LogP contribution in [-0.4, -0.2) is 36.9 Å². The molecule has 1 saturated heterocycles.